The van der Waals surface area contributed by atoms with Crippen LogP contribution in [0.4, 0.5) is 0 Å². The summed E-state index contributed by atoms with van der Waals surface area (Å²) < 4.78 is 1.69. The van der Waals surface area contributed by atoms with Crippen LogP contribution in [0.2, 0.25) is 0 Å². The quantitative estimate of drug-likeness (QED) is 0.719. The summed E-state index contributed by atoms with van der Waals surface area (Å²) in [5.41, 5.74) is 1.26. The maximum Gasteiger partial charge on any atom is 0.178 e. The van der Waals surface area contributed by atoms with Crippen molar-refractivity contribution in [3.05, 3.63) is 24.2 Å². The monoisotopic (exact) mass is 304 g/mol. The number of pyridine rings is 1. The lowest BCUT2D eigenvalue weighted by Gasteiger charge is -2.28. The minimum atomic E-state index is -0.476. The summed E-state index contributed by atoms with van der Waals surface area (Å²) in [6, 6.07) is 3.42. The predicted molar refractivity (Wildman–Crippen MR) is 80.1 cm³/mol. The van der Waals surface area contributed by atoms with Crippen LogP contribution in [0.3, 0.4) is 0 Å². The van der Waals surface area contributed by atoms with Gasteiger partial charge in [0.05, 0.1) is 18.2 Å². The second kappa shape index (κ2) is 6.51. The number of hydrogen-bond donors (Lipinski definition) is 3. The molecule has 3 rings (SSSR count). The van der Waals surface area contributed by atoms with Gasteiger partial charge in [-0.15, -0.1) is 0 Å². The third-order valence-electron chi connectivity index (χ3n) is 4.07. The van der Waals surface area contributed by atoms with Gasteiger partial charge in [0.2, 0.25) is 0 Å². The van der Waals surface area contributed by atoms with Gasteiger partial charge in [-0.3, -0.25) is 4.79 Å². The zero-order chi connectivity index (χ0) is 15.5. The fraction of sp³-hybridized carbons (Fsp3) is 0.533. The number of hydrogen-bond acceptors (Lipinski definition) is 6. The van der Waals surface area contributed by atoms with E-state index in [4.69, 9.17) is 0 Å². The van der Waals surface area contributed by atoms with Gasteiger partial charge in [-0.05, 0) is 31.5 Å². The summed E-state index contributed by atoms with van der Waals surface area (Å²) in [6.45, 7) is 0.714. The molecule has 2 aromatic rings. The number of Topliss-reactive ketones (excluding diaryl/α,β-unsaturated/α-hetero) is 1. The van der Waals surface area contributed by atoms with Gasteiger partial charge in [-0.1, -0.05) is 0 Å². The van der Waals surface area contributed by atoms with E-state index in [0.717, 1.165) is 24.9 Å². The van der Waals surface area contributed by atoms with Crippen molar-refractivity contribution in [3.63, 3.8) is 0 Å². The number of nitrogens with zero attached hydrogens (tertiary/aromatic N) is 3. The molecule has 118 valence electrons. The molecule has 2 aromatic heterocycles. The molecule has 7 heteroatoms. The number of piperidine rings is 1. The van der Waals surface area contributed by atoms with Crippen molar-refractivity contribution in [2.45, 2.75) is 44.6 Å². The van der Waals surface area contributed by atoms with E-state index in [2.05, 4.69) is 15.3 Å². The number of ketones is 1. The highest BCUT2D eigenvalue weighted by Crippen LogP contribution is 2.16. The van der Waals surface area contributed by atoms with E-state index in [1.807, 2.05) is 6.07 Å². The molecule has 22 heavy (non-hydrogen) atoms. The van der Waals surface area contributed by atoms with Crippen LogP contribution in [-0.4, -0.2) is 49.2 Å². The highest BCUT2D eigenvalue weighted by molar-refractivity contribution is 5.81. The van der Waals surface area contributed by atoms with Crippen LogP contribution in [0.15, 0.2) is 18.3 Å². The molecule has 0 radical (unpaired) electrons. The molecule has 3 N–H and O–H groups in total. The molecule has 1 fully saturated rings. The first-order valence-electron chi connectivity index (χ1n) is 7.53. The maximum absolute atomic E-state index is 12.3. The summed E-state index contributed by atoms with van der Waals surface area (Å²) in [4.78, 5) is 20.7. The Morgan fingerprint density at radius 2 is 2.36 bits per heavy atom. The molecular formula is C15H20N4O3. The van der Waals surface area contributed by atoms with Gasteiger partial charge in [0.25, 0.3) is 0 Å². The van der Waals surface area contributed by atoms with Gasteiger partial charge in [0, 0.05) is 18.7 Å². The van der Waals surface area contributed by atoms with Gasteiger partial charge in [0.1, 0.15) is 12.4 Å². The Bertz CT molecular complexity index is 670. The van der Waals surface area contributed by atoms with Gasteiger partial charge >= 0.3 is 0 Å². The lowest BCUT2D eigenvalue weighted by Crippen LogP contribution is -2.46. The van der Waals surface area contributed by atoms with E-state index in [0.29, 0.717) is 11.5 Å². The molecule has 1 saturated heterocycles. The summed E-state index contributed by atoms with van der Waals surface area (Å²) in [7, 11) is 0. The number of aliphatic hydroxyl groups is 2. The molecule has 2 atom stereocenters. The highest BCUT2D eigenvalue weighted by Gasteiger charge is 2.25. The average molecular weight is 304 g/mol. The predicted octanol–water partition coefficient (Wildman–Crippen LogP) is -0.00430. The Hall–Kier alpha value is -1.83. The number of carbonyl (C=O) groups is 1. The van der Waals surface area contributed by atoms with Crippen LogP contribution in [0.5, 0.6) is 0 Å². The van der Waals surface area contributed by atoms with Crippen LogP contribution in [0, 0.1) is 0 Å². The van der Waals surface area contributed by atoms with Gasteiger partial charge in [-0.25, -0.2) is 9.97 Å². The van der Waals surface area contributed by atoms with Crippen molar-refractivity contribution in [1.82, 2.24) is 19.9 Å². The molecule has 0 unspecified atom stereocenters. The molecule has 0 saturated carbocycles. The second-order valence-corrected chi connectivity index (χ2v) is 5.63. The van der Waals surface area contributed by atoms with Crippen LogP contribution in [-0.2, 0) is 17.9 Å². The first kappa shape index (κ1) is 15.1. The minimum absolute atomic E-state index is 0.00342. The van der Waals surface area contributed by atoms with E-state index in [1.54, 1.807) is 16.8 Å². The molecule has 1 aliphatic heterocycles. The Kier molecular flexibility index (Phi) is 4.47. The zero-order valence-electron chi connectivity index (χ0n) is 12.3. The van der Waals surface area contributed by atoms with Crippen LogP contribution < -0.4 is 5.32 Å². The minimum Gasteiger partial charge on any atom is -0.391 e. The Morgan fingerprint density at radius 1 is 1.50 bits per heavy atom. The van der Waals surface area contributed by atoms with E-state index in [9.17, 15) is 15.0 Å². The number of imidazole rings is 1. The molecule has 3 heterocycles. The summed E-state index contributed by atoms with van der Waals surface area (Å²) >= 11 is 0. The molecular weight excluding hydrogens is 284 g/mol. The second-order valence-electron chi connectivity index (χ2n) is 5.63. The highest BCUT2D eigenvalue weighted by atomic mass is 16.3. The molecule has 0 bridgehead atoms. The van der Waals surface area contributed by atoms with Gasteiger partial charge in [-0.2, -0.15) is 0 Å². The first-order valence-corrected chi connectivity index (χ1v) is 7.53. The largest absolute Gasteiger partial charge is 0.391 e. The fourth-order valence-electron chi connectivity index (χ4n) is 2.93. The Labute approximate surface area is 128 Å². The molecule has 1 aliphatic rings. The number of aromatic nitrogens is 3. The smallest absolute Gasteiger partial charge is 0.178 e. The number of carbonyl (C=O) groups excluding carboxylic acids is 1. The third-order valence-corrected chi connectivity index (χ3v) is 4.07. The van der Waals surface area contributed by atoms with Gasteiger partial charge < -0.3 is 20.1 Å². The van der Waals surface area contributed by atoms with Crippen molar-refractivity contribution in [3.8, 4) is 0 Å². The van der Waals surface area contributed by atoms with Crippen molar-refractivity contribution in [1.29, 1.82) is 0 Å². The first-order chi connectivity index (χ1) is 10.7. The summed E-state index contributed by atoms with van der Waals surface area (Å²) in [5.74, 6) is 0.426. The lowest BCUT2D eigenvalue weighted by molar-refractivity contribution is -0.121. The lowest BCUT2D eigenvalue weighted by atomic mass is 9.97. The van der Waals surface area contributed by atoms with E-state index in [-0.39, 0.29) is 31.4 Å². The molecule has 7 nitrogen and oxygen atoms in total. The average Bonchev–Trinajstić information content (AvgIpc) is 2.87. The zero-order valence-corrected chi connectivity index (χ0v) is 12.3. The molecule has 0 aliphatic carbocycles. The number of aliphatic hydroxyl groups excluding tert-OH is 2. The van der Waals surface area contributed by atoms with Gasteiger partial charge in [0.15, 0.2) is 11.4 Å². The van der Waals surface area contributed by atoms with Crippen LogP contribution in [0.1, 0.15) is 25.1 Å². The van der Waals surface area contributed by atoms with Crippen molar-refractivity contribution in [2.24, 2.45) is 0 Å². The Morgan fingerprint density at radius 3 is 3.14 bits per heavy atom. The van der Waals surface area contributed by atoms with Crippen LogP contribution >= 0.6 is 0 Å². The van der Waals surface area contributed by atoms with E-state index >= 15 is 0 Å². The summed E-state index contributed by atoms with van der Waals surface area (Å²) in [6.07, 6.45) is 3.08. The fourth-order valence-corrected chi connectivity index (χ4v) is 2.93. The SMILES string of the molecule is O=C(C[C@H]1NCCC[C@@H]1O)Cn1c(CO)nc2ncccc21. The van der Waals surface area contributed by atoms with Crippen molar-refractivity contribution >= 4 is 16.9 Å². The number of nitrogens with one attached hydrogen (secondary N) is 1. The normalized spacial score (nSPS) is 22.1. The maximum atomic E-state index is 12.3. The van der Waals surface area contributed by atoms with E-state index < -0.39 is 6.10 Å². The number of fused-ring (bicyclic) bond motifs is 1. The van der Waals surface area contributed by atoms with Crippen molar-refractivity contribution < 1.29 is 15.0 Å². The standard InChI is InChI=1S/C15H20N4O3/c20-9-14-18-15-12(3-1-6-17-15)19(14)8-10(21)7-11-13(22)4-2-5-16-11/h1,3,6,11,13,16,20,22H,2,4-5,7-9H2/t11-,13+/m1/s1. The number of rotatable bonds is 5. The summed E-state index contributed by atoms with van der Waals surface area (Å²) in [5, 5.41) is 22.5. The molecule has 0 aromatic carbocycles. The van der Waals surface area contributed by atoms with Crippen molar-refractivity contribution in [2.75, 3.05) is 6.54 Å². The topological polar surface area (TPSA) is 100 Å². The van der Waals surface area contributed by atoms with Crippen LogP contribution in [0.25, 0.3) is 11.2 Å². The molecule has 0 amide bonds. The molecule has 0 spiro atoms. The Balaban J connectivity index is 1.76. The van der Waals surface area contributed by atoms with E-state index in [1.165, 1.54) is 0 Å². The third kappa shape index (κ3) is 3.01.